The first kappa shape index (κ1) is 18.4. The van der Waals surface area contributed by atoms with Gasteiger partial charge in [0.15, 0.2) is 0 Å². The molecule has 0 radical (unpaired) electrons. The normalized spacial score (nSPS) is 18.0. The topological polar surface area (TPSA) is 49.4 Å². The van der Waals surface area contributed by atoms with E-state index in [2.05, 4.69) is 35.6 Å². The van der Waals surface area contributed by atoms with E-state index in [1.165, 1.54) is 5.56 Å². The summed E-state index contributed by atoms with van der Waals surface area (Å²) in [5.74, 6) is 0. The highest BCUT2D eigenvalue weighted by Gasteiger charge is 2.30. The molecule has 1 aromatic carbocycles. The summed E-state index contributed by atoms with van der Waals surface area (Å²) in [7, 11) is -3.18. The van der Waals surface area contributed by atoms with Crippen LogP contribution in [0.25, 0.3) is 0 Å². The van der Waals surface area contributed by atoms with Gasteiger partial charge < -0.3 is 0 Å². The van der Waals surface area contributed by atoms with Crippen molar-refractivity contribution in [3.05, 3.63) is 35.9 Å². The number of nitrogens with one attached hydrogen (secondary N) is 1. The molecule has 23 heavy (non-hydrogen) atoms. The second kappa shape index (κ2) is 8.27. The molecule has 0 amide bonds. The largest absolute Gasteiger partial charge is 0.295 e. The second-order valence-electron chi connectivity index (χ2n) is 6.98. The number of rotatable bonds is 8. The van der Waals surface area contributed by atoms with Crippen LogP contribution in [0.15, 0.2) is 30.3 Å². The third kappa shape index (κ3) is 5.59. The Labute approximate surface area is 141 Å². The van der Waals surface area contributed by atoms with Crippen molar-refractivity contribution >= 4 is 10.0 Å². The summed E-state index contributed by atoms with van der Waals surface area (Å²) in [4.78, 5) is 2.32. The fourth-order valence-electron chi connectivity index (χ4n) is 3.24. The molecular weight excluding hydrogens is 308 g/mol. The highest BCUT2D eigenvalue weighted by molar-refractivity contribution is 7.90. The lowest BCUT2D eigenvalue weighted by atomic mass is 10.1. The van der Waals surface area contributed by atoms with E-state index in [0.29, 0.717) is 6.04 Å². The van der Waals surface area contributed by atoms with Crippen LogP contribution in [-0.4, -0.2) is 37.2 Å². The molecule has 0 spiro atoms. The smallest absolute Gasteiger partial charge is 0.214 e. The summed E-state index contributed by atoms with van der Waals surface area (Å²) >= 11 is 0. The number of sulfonamides is 1. The fourth-order valence-corrected chi connectivity index (χ4v) is 5.02. The van der Waals surface area contributed by atoms with Crippen LogP contribution in [0.5, 0.6) is 0 Å². The number of hydrogen-bond acceptors (Lipinski definition) is 3. The number of hydrogen-bond donors (Lipinski definition) is 1. The van der Waals surface area contributed by atoms with Gasteiger partial charge in [-0.15, -0.1) is 0 Å². The van der Waals surface area contributed by atoms with Crippen LogP contribution in [0, 0.1) is 0 Å². The van der Waals surface area contributed by atoms with Crippen LogP contribution in [0.2, 0.25) is 0 Å². The Kier molecular flexibility index (Phi) is 6.62. The molecule has 0 aromatic heterocycles. The summed E-state index contributed by atoms with van der Waals surface area (Å²) in [6.07, 6.45) is 3.68. The van der Waals surface area contributed by atoms with Gasteiger partial charge in [-0.3, -0.25) is 4.90 Å². The summed E-state index contributed by atoms with van der Waals surface area (Å²) in [6.45, 7) is 7.83. The monoisotopic (exact) mass is 338 g/mol. The molecule has 0 heterocycles. The van der Waals surface area contributed by atoms with Crippen LogP contribution < -0.4 is 4.72 Å². The molecule has 130 valence electrons. The van der Waals surface area contributed by atoms with Crippen molar-refractivity contribution in [1.82, 2.24) is 9.62 Å². The Balaban J connectivity index is 1.93. The molecule has 1 unspecified atom stereocenters. The minimum absolute atomic E-state index is 0.0771. The number of benzene rings is 1. The van der Waals surface area contributed by atoms with Crippen molar-refractivity contribution in [3.63, 3.8) is 0 Å². The van der Waals surface area contributed by atoms with Crippen LogP contribution in [0.3, 0.4) is 0 Å². The summed E-state index contributed by atoms with van der Waals surface area (Å²) in [6, 6.07) is 10.6. The molecule has 1 atom stereocenters. The first-order valence-electron chi connectivity index (χ1n) is 8.67. The summed E-state index contributed by atoms with van der Waals surface area (Å²) in [5.41, 5.74) is 1.26. The van der Waals surface area contributed by atoms with Gasteiger partial charge in [0.2, 0.25) is 10.0 Å². The van der Waals surface area contributed by atoms with E-state index in [1.54, 1.807) is 0 Å². The van der Waals surface area contributed by atoms with E-state index in [-0.39, 0.29) is 11.3 Å². The highest BCUT2D eigenvalue weighted by atomic mass is 32.2. The van der Waals surface area contributed by atoms with Gasteiger partial charge in [-0.25, -0.2) is 13.1 Å². The van der Waals surface area contributed by atoms with Gasteiger partial charge in [-0.1, -0.05) is 43.2 Å². The van der Waals surface area contributed by atoms with Gasteiger partial charge in [0.1, 0.15) is 0 Å². The van der Waals surface area contributed by atoms with Crippen molar-refractivity contribution in [2.24, 2.45) is 0 Å². The van der Waals surface area contributed by atoms with Gasteiger partial charge in [0, 0.05) is 25.2 Å². The molecule has 1 aromatic rings. The van der Waals surface area contributed by atoms with Gasteiger partial charge in [0.05, 0.1) is 5.25 Å². The summed E-state index contributed by atoms with van der Waals surface area (Å²) in [5, 5.41) is -0.188. The molecule has 1 aliphatic carbocycles. The summed E-state index contributed by atoms with van der Waals surface area (Å²) < 4.78 is 27.7. The first-order valence-corrected chi connectivity index (χ1v) is 10.2. The average Bonchev–Trinajstić information content (AvgIpc) is 3.02. The van der Waals surface area contributed by atoms with Crippen molar-refractivity contribution in [1.29, 1.82) is 0 Å². The lowest BCUT2D eigenvalue weighted by molar-refractivity contribution is 0.199. The van der Waals surface area contributed by atoms with E-state index in [4.69, 9.17) is 0 Å². The lowest BCUT2D eigenvalue weighted by Gasteiger charge is -2.30. The van der Waals surface area contributed by atoms with Crippen LogP contribution in [0.1, 0.15) is 52.0 Å². The Hall–Kier alpha value is -0.910. The molecule has 1 aliphatic rings. The van der Waals surface area contributed by atoms with Crippen LogP contribution >= 0.6 is 0 Å². The molecule has 5 heteroatoms. The molecular formula is C18H30N2O2S. The highest BCUT2D eigenvalue weighted by Crippen LogP contribution is 2.24. The quantitative estimate of drug-likeness (QED) is 0.792. The molecule has 1 fully saturated rings. The SMILES string of the molecule is CC(CN(Cc1ccccc1)C(C)C)NS(=O)(=O)C1CCCC1. The Morgan fingerprint density at radius 3 is 2.30 bits per heavy atom. The van der Waals surface area contributed by atoms with Gasteiger partial charge in [0.25, 0.3) is 0 Å². The van der Waals surface area contributed by atoms with E-state index < -0.39 is 10.0 Å². The standard InChI is InChI=1S/C18H30N2O2S/c1-15(2)20(14-17-9-5-4-6-10-17)13-16(3)19-23(21,22)18-11-7-8-12-18/h4-6,9-10,15-16,18-19H,7-8,11-14H2,1-3H3. The maximum atomic E-state index is 12.4. The maximum absolute atomic E-state index is 12.4. The predicted octanol–water partition coefficient (Wildman–Crippen LogP) is 3.15. The fraction of sp³-hybridized carbons (Fsp3) is 0.667. The van der Waals surface area contributed by atoms with Crippen LogP contribution in [-0.2, 0) is 16.6 Å². The molecule has 0 aliphatic heterocycles. The average molecular weight is 339 g/mol. The van der Waals surface area contributed by atoms with Crippen molar-refractivity contribution in [2.45, 2.75) is 70.3 Å². The molecule has 4 nitrogen and oxygen atoms in total. The van der Waals surface area contributed by atoms with Gasteiger partial charge in [-0.2, -0.15) is 0 Å². The zero-order valence-electron chi connectivity index (χ0n) is 14.5. The van der Waals surface area contributed by atoms with Gasteiger partial charge in [-0.05, 0) is 39.2 Å². The van der Waals surface area contributed by atoms with E-state index >= 15 is 0 Å². The molecule has 1 saturated carbocycles. The molecule has 1 N–H and O–H groups in total. The maximum Gasteiger partial charge on any atom is 0.214 e. The van der Waals surface area contributed by atoms with Crippen LogP contribution in [0.4, 0.5) is 0 Å². The second-order valence-corrected chi connectivity index (χ2v) is 8.97. The van der Waals surface area contributed by atoms with Crippen molar-refractivity contribution in [2.75, 3.05) is 6.54 Å². The minimum atomic E-state index is -3.18. The Morgan fingerprint density at radius 1 is 1.13 bits per heavy atom. The van der Waals surface area contributed by atoms with Gasteiger partial charge >= 0.3 is 0 Å². The third-order valence-corrected chi connectivity index (χ3v) is 6.65. The minimum Gasteiger partial charge on any atom is -0.295 e. The van der Waals surface area contributed by atoms with E-state index in [0.717, 1.165) is 38.8 Å². The zero-order valence-corrected chi connectivity index (χ0v) is 15.3. The Bertz CT molecular complexity index is 566. The number of nitrogens with zero attached hydrogens (tertiary/aromatic N) is 1. The van der Waals surface area contributed by atoms with Crippen molar-refractivity contribution < 1.29 is 8.42 Å². The molecule has 0 bridgehead atoms. The van der Waals surface area contributed by atoms with E-state index in [1.807, 2.05) is 25.1 Å². The first-order chi connectivity index (χ1) is 10.9. The lowest BCUT2D eigenvalue weighted by Crippen LogP contribution is -2.46. The predicted molar refractivity (Wildman–Crippen MR) is 95.8 cm³/mol. The molecule has 2 rings (SSSR count). The zero-order chi connectivity index (χ0) is 16.9. The van der Waals surface area contributed by atoms with Crippen molar-refractivity contribution in [3.8, 4) is 0 Å². The third-order valence-electron chi connectivity index (χ3n) is 4.57. The van der Waals surface area contributed by atoms with E-state index in [9.17, 15) is 8.42 Å². The Morgan fingerprint density at radius 2 is 1.74 bits per heavy atom. The molecule has 0 saturated heterocycles.